The molecular weight excluding hydrogens is 284 g/mol. The smallest absolute Gasteiger partial charge is 0.258 e. The molecule has 5 heteroatoms. The van der Waals surface area contributed by atoms with Gasteiger partial charge in [0.1, 0.15) is 5.75 Å². The van der Waals surface area contributed by atoms with Crippen LogP contribution in [0.15, 0.2) is 47.4 Å². The number of thioether (sulfide) groups is 1. The first kappa shape index (κ1) is 13.8. The van der Waals surface area contributed by atoms with Gasteiger partial charge in [-0.1, -0.05) is 6.07 Å². The average molecular weight is 300 g/mol. The molecule has 0 radical (unpaired) electrons. The number of ether oxygens (including phenoxy) is 1. The van der Waals surface area contributed by atoms with Gasteiger partial charge in [-0.15, -0.1) is 11.8 Å². The molecule has 0 saturated carbocycles. The number of rotatable bonds is 2. The fourth-order valence-corrected chi connectivity index (χ4v) is 3.33. The van der Waals surface area contributed by atoms with Gasteiger partial charge in [0.2, 0.25) is 0 Å². The first-order valence-electron chi connectivity index (χ1n) is 6.67. The van der Waals surface area contributed by atoms with Crippen molar-refractivity contribution in [3.63, 3.8) is 0 Å². The minimum atomic E-state index is -0.0268. The molecule has 1 heterocycles. The normalized spacial score (nSPS) is 13.7. The third-order valence-corrected chi connectivity index (χ3v) is 4.45. The molecule has 21 heavy (non-hydrogen) atoms. The molecule has 0 bridgehead atoms. The van der Waals surface area contributed by atoms with Gasteiger partial charge in [0.15, 0.2) is 0 Å². The summed E-state index contributed by atoms with van der Waals surface area (Å²) in [6.45, 7) is 0.678. The Labute approximate surface area is 127 Å². The summed E-state index contributed by atoms with van der Waals surface area (Å²) in [5.74, 6) is 1.54. The lowest BCUT2D eigenvalue weighted by Gasteiger charge is -2.29. The van der Waals surface area contributed by atoms with Crippen molar-refractivity contribution in [1.29, 1.82) is 0 Å². The minimum absolute atomic E-state index is 0.0268. The second kappa shape index (κ2) is 5.69. The minimum Gasteiger partial charge on any atom is -0.497 e. The van der Waals surface area contributed by atoms with E-state index >= 15 is 0 Å². The number of fused-ring (bicyclic) bond motifs is 1. The first-order valence-corrected chi connectivity index (χ1v) is 7.66. The zero-order valence-corrected chi connectivity index (χ0v) is 12.5. The lowest BCUT2D eigenvalue weighted by Crippen LogP contribution is -2.35. The van der Waals surface area contributed by atoms with Gasteiger partial charge in [-0.05, 0) is 36.4 Å². The Hall–Kier alpha value is -2.14. The topological polar surface area (TPSA) is 55.6 Å². The molecule has 2 N–H and O–H groups in total. The molecule has 108 valence electrons. The molecular formula is C16H16N2O2S. The quantitative estimate of drug-likeness (QED) is 0.866. The van der Waals surface area contributed by atoms with Gasteiger partial charge < -0.3 is 15.4 Å². The highest BCUT2D eigenvalue weighted by Gasteiger charge is 2.24. The average Bonchev–Trinajstić information content (AvgIpc) is 2.53. The number of hydrogen-bond donors (Lipinski definition) is 1. The molecule has 0 unspecified atom stereocenters. The van der Waals surface area contributed by atoms with E-state index in [1.165, 1.54) is 0 Å². The summed E-state index contributed by atoms with van der Waals surface area (Å²) in [6, 6.07) is 12.9. The standard InChI is InChI=1S/C16H16N2O2S/c1-20-13-4-2-3-11(9-13)16(19)18-7-8-21-15-6-5-12(17)10-14(15)18/h2-6,9-10H,7-8,17H2,1H3. The molecule has 0 spiro atoms. The van der Waals surface area contributed by atoms with E-state index in [1.54, 1.807) is 35.9 Å². The summed E-state index contributed by atoms with van der Waals surface area (Å²) in [6.07, 6.45) is 0. The third-order valence-electron chi connectivity index (χ3n) is 3.41. The molecule has 0 fully saturated rings. The Morgan fingerprint density at radius 1 is 1.29 bits per heavy atom. The van der Waals surface area contributed by atoms with Crippen LogP contribution >= 0.6 is 11.8 Å². The number of hydrogen-bond acceptors (Lipinski definition) is 4. The zero-order chi connectivity index (χ0) is 14.8. The molecule has 4 nitrogen and oxygen atoms in total. The van der Waals surface area contributed by atoms with Gasteiger partial charge in [0, 0.05) is 28.4 Å². The predicted molar refractivity (Wildman–Crippen MR) is 86.2 cm³/mol. The van der Waals surface area contributed by atoms with Crippen LogP contribution in [-0.4, -0.2) is 25.3 Å². The van der Waals surface area contributed by atoms with E-state index in [0.29, 0.717) is 23.5 Å². The number of benzene rings is 2. The number of nitrogens with zero attached hydrogens (tertiary/aromatic N) is 1. The fourth-order valence-electron chi connectivity index (χ4n) is 2.36. The zero-order valence-electron chi connectivity index (χ0n) is 11.7. The van der Waals surface area contributed by atoms with E-state index in [9.17, 15) is 4.79 Å². The number of methoxy groups -OCH3 is 1. The Kier molecular flexibility index (Phi) is 3.75. The van der Waals surface area contributed by atoms with E-state index in [4.69, 9.17) is 10.5 Å². The van der Waals surface area contributed by atoms with Crippen LogP contribution in [0, 0.1) is 0 Å². The second-order valence-corrected chi connectivity index (χ2v) is 5.90. The number of nitrogens with two attached hydrogens (primary N) is 1. The lowest BCUT2D eigenvalue weighted by atomic mass is 10.1. The van der Waals surface area contributed by atoms with E-state index in [2.05, 4.69) is 0 Å². The van der Waals surface area contributed by atoms with Crippen LogP contribution in [0.3, 0.4) is 0 Å². The molecule has 2 aromatic rings. The van der Waals surface area contributed by atoms with Crippen LogP contribution in [0.2, 0.25) is 0 Å². The van der Waals surface area contributed by atoms with Crippen molar-refractivity contribution in [2.45, 2.75) is 4.90 Å². The summed E-state index contributed by atoms with van der Waals surface area (Å²) >= 11 is 1.75. The maximum atomic E-state index is 12.8. The number of amides is 1. The van der Waals surface area contributed by atoms with Crippen molar-refractivity contribution in [2.24, 2.45) is 0 Å². The van der Waals surface area contributed by atoms with E-state index in [1.807, 2.05) is 30.3 Å². The fraction of sp³-hybridized carbons (Fsp3) is 0.188. The monoisotopic (exact) mass is 300 g/mol. The molecule has 1 aliphatic rings. The molecule has 0 atom stereocenters. The molecule has 1 aliphatic heterocycles. The number of carbonyl (C=O) groups excluding carboxylic acids is 1. The maximum absolute atomic E-state index is 12.8. The van der Waals surface area contributed by atoms with Crippen molar-refractivity contribution < 1.29 is 9.53 Å². The molecule has 0 aliphatic carbocycles. The SMILES string of the molecule is COc1cccc(C(=O)N2CCSc3ccc(N)cc32)c1. The molecule has 1 amide bonds. The van der Waals surface area contributed by atoms with Gasteiger partial charge in [-0.2, -0.15) is 0 Å². The largest absolute Gasteiger partial charge is 0.497 e. The van der Waals surface area contributed by atoms with Crippen LogP contribution < -0.4 is 15.4 Å². The highest BCUT2D eigenvalue weighted by Crippen LogP contribution is 2.36. The third kappa shape index (κ3) is 2.69. The van der Waals surface area contributed by atoms with Gasteiger partial charge in [-0.3, -0.25) is 4.79 Å². The van der Waals surface area contributed by atoms with Crippen LogP contribution in [0.25, 0.3) is 0 Å². The molecule has 2 aromatic carbocycles. The van der Waals surface area contributed by atoms with E-state index in [0.717, 1.165) is 16.3 Å². The van der Waals surface area contributed by atoms with Gasteiger partial charge in [0.25, 0.3) is 5.91 Å². The Bertz CT molecular complexity index is 688. The maximum Gasteiger partial charge on any atom is 0.258 e. The van der Waals surface area contributed by atoms with Crippen LogP contribution in [0.4, 0.5) is 11.4 Å². The first-order chi connectivity index (χ1) is 10.2. The lowest BCUT2D eigenvalue weighted by molar-refractivity contribution is 0.0987. The molecule has 0 aromatic heterocycles. The van der Waals surface area contributed by atoms with Crippen molar-refractivity contribution in [2.75, 3.05) is 30.0 Å². The van der Waals surface area contributed by atoms with Crippen LogP contribution in [-0.2, 0) is 0 Å². The van der Waals surface area contributed by atoms with Gasteiger partial charge in [0.05, 0.1) is 12.8 Å². The van der Waals surface area contributed by atoms with Crippen molar-refractivity contribution >= 4 is 29.0 Å². The number of anilines is 2. The van der Waals surface area contributed by atoms with Crippen LogP contribution in [0.5, 0.6) is 5.75 Å². The van der Waals surface area contributed by atoms with Crippen molar-refractivity contribution in [3.05, 3.63) is 48.0 Å². The Morgan fingerprint density at radius 3 is 2.95 bits per heavy atom. The summed E-state index contributed by atoms with van der Waals surface area (Å²) in [4.78, 5) is 15.6. The summed E-state index contributed by atoms with van der Waals surface area (Å²) in [5.41, 5.74) is 8.04. The van der Waals surface area contributed by atoms with E-state index in [-0.39, 0.29) is 5.91 Å². The summed E-state index contributed by atoms with van der Waals surface area (Å²) in [7, 11) is 1.59. The summed E-state index contributed by atoms with van der Waals surface area (Å²) < 4.78 is 5.19. The van der Waals surface area contributed by atoms with E-state index < -0.39 is 0 Å². The second-order valence-electron chi connectivity index (χ2n) is 4.76. The highest BCUT2D eigenvalue weighted by atomic mass is 32.2. The predicted octanol–water partition coefficient (Wildman–Crippen LogP) is 3.03. The van der Waals surface area contributed by atoms with Crippen molar-refractivity contribution in [3.8, 4) is 5.75 Å². The number of nitrogen functional groups attached to an aromatic ring is 1. The number of carbonyl (C=O) groups is 1. The Morgan fingerprint density at radius 2 is 2.14 bits per heavy atom. The Balaban J connectivity index is 1.97. The van der Waals surface area contributed by atoms with Gasteiger partial charge >= 0.3 is 0 Å². The van der Waals surface area contributed by atoms with Crippen LogP contribution in [0.1, 0.15) is 10.4 Å². The highest BCUT2D eigenvalue weighted by molar-refractivity contribution is 7.99. The van der Waals surface area contributed by atoms with Crippen molar-refractivity contribution in [1.82, 2.24) is 0 Å². The summed E-state index contributed by atoms with van der Waals surface area (Å²) in [5, 5.41) is 0. The van der Waals surface area contributed by atoms with Gasteiger partial charge in [-0.25, -0.2) is 0 Å². The molecule has 0 saturated heterocycles. The molecule has 3 rings (SSSR count).